The highest BCUT2D eigenvalue weighted by molar-refractivity contribution is 7.91. The van der Waals surface area contributed by atoms with E-state index in [9.17, 15) is 32.3 Å². The van der Waals surface area contributed by atoms with Crippen molar-refractivity contribution in [1.29, 1.82) is 0 Å². The van der Waals surface area contributed by atoms with Crippen LogP contribution in [0.25, 0.3) is 22.2 Å². The lowest BCUT2D eigenvalue weighted by atomic mass is 9.90. The Labute approximate surface area is 364 Å². The standard InChI is InChI=1S/C44H54F3N7O8S/c1-42(2,3)61-40(56)52-17-14-44(58,15-18-52)27-50-19-21-51(22-20-50)31-9-7-28(8-10-31)29-23-32-33(25-49-39(32)48-24-29)38(55)36-34(46)11-12-35(37(36)47)54(41(57)62-43(4,5)6)63(59,60)53-16-13-30(45)26-53/h7-12,23-25,30,58H,13-22,26-27H2,1-6H3,(H,48,49)/t30-/m1/s1. The Hall–Kier alpha value is -5.24. The number of carbonyl (C=O) groups is 3. The molecular formula is C44H54F3N7O8S. The number of nitrogens with one attached hydrogen (secondary N) is 1. The third kappa shape index (κ3) is 10.1. The second kappa shape index (κ2) is 17.4. The maximum Gasteiger partial charge on any atom is 0.430 e. The fraction of sp³-hybridized carbons (Fsp3) is 0.500. The van der Waals surface area contributed by atoms with Crippen molar-refractivity contribution in [2.24, 2.45) is 0 Å². The number of aromatic nitrogens is 2. The Morgan fingerprint density at radius 2 is 1.56 bits per heavy atom. The van der Waals surface area contributed by atoms with Crippen molar-refractivity contribution in [2.45, 2.75) is 83.8 Å². The number of halogens is 3. The van der Waals surface area contributed by atoms with Crippen molar-refractivity contribution >= 4 is 50.6 Å². The minimum absolute atomic E-state index is 0.00534. The number of amides is 2. The molecule has 15 nitrogen and oxygen atoms in total. The van der Waals surface area contributed by atoms with E-state index < -0.39 is 74.5 Å². The first-order valence-electron chi connectivity index (χ1n) is 21.0. The lowest BCUT2D eigenvalue weighted by Gasteiger charge is -2.43. The van der Waals surface area contributed by atoms with Crippen molar-refractivity contribution in [1.82, 2.24) is 24.1 Å². The average Bonchev–Trinajstić information content (AvgIpc) is 3.84. The number of aromatic amines is 1. The third-order valence-electron chi connectivity index (χ3n) is 11.3. The average molecular weight is 898 g/mol. The summed E-state index contributed by atoms with van der Waals surface area (Å²) in [6, 6.07) is 10.8. The Kier molecular flexibility index (Phi) is 12.6. The van der Waals surface area contributed by atoms with Gasteiger partial charge in [0.1, 0.15) is 34.5 Å². The van der Waals surface area contributed by atoms with Crippen molar-refractivity contribution in [3.8, 4) is 11.1 Å². The van der Waals surface area contributed by atoms with Crippen LogP contribution in [0.3, 0.4) is 0 Å². The first-order valence-corrected chi connectivity index (χ1v) is 22.4. The number of piperidine rings is 1. The van der Waals surface area contributed by atoms with Crippen LogP contribution in [0.4, 0.5) is 34.1 Å². The summed E-state index contributed by atoms with van der Waals surface area (Å²) in [6.07, 6.45) is 0.227. The number of fused-ring (bicyclic) bond motifs is 1. The first-order chi connectivity index (χ1) is 29.5. The second-order valence-electron chi connectivity index (χ2n) is 18.4. The summed E-state index contributed by atoms with van der Waals surface area (Å²) in [6.45, 7) is 13.3. The van der Waals surface area contributed by atoms with Gasteiger partial charge in [-0.1, -0.05) is 12.1 Å². The van der Waals surface area contributed by atoms with E-state index in [1.165, 1.54) is 27.0 Å². The van der Waals surface area contributed by atoms with Gasteiger partial charge in [-0.05, 0) is 96.7 Å². The Balaban J connectivity index is 1.05. The summed E-state index contributed by atoms with van der Waals surface area (Å²) in [5, 5.41) is 11.6. The number of piperazine rings is 1. The van der Waals surface area contributed by atoms with Crippen molar-refractivity contribution in [3.63, 3.8) is 0 Å². The molecule has 0 radical (unpaired) electrons. The number of likely N-dealkylation sites (tertiary alicyclic amines) is 1. The summed E-state index contributed by atoms with van der Waals surface area (Å²) < 4.78 is 85.2. The summed E-state index contributed by atoms with van der Waals surface area (Å²) in [7, 11) is -4.95. The van der Waals surface area contributed by atoms with E-state index in [1.807, 2.05) is 45.0 Å². The number of rotatable bonds is 9. The predicted molar refractivity (Wildman–Crippen MR) is 231 cm³/mol. The van der Waals surface area contributed by atoms with Gasteiger partial charge >= 0.3 is 22.4 Å². The predicted octanol–water partition coefficient (Wildman–Crippen LogP) is 6.65. The molecule has 1 atom stereocenters. The largest absolute Gasteiger partial charge is 0.444 e. The van der Waals surface area contributed by atoms with Gasteiger partial charge in [-0.2, -0.15) is 17.0 Å². The van der Waals surface area contributed by atoms with E-state index in [4.69, 9.17) is 9.47 Å². The first kappa shape index (κ1) is 45.8. The van der Waals surface area contributed by atoms with Gasteiger partial charge in [0.2, 0.25) is 5.78 Å². The zero-order valence-electron chi connectivity index (χ0n) is 36.3. The number of H-pyrrole nitrogens is 1. The van der Waals surface area contributed by atoms with Gasteiger partial charge in [0.15, 0.2) is 5.82 Å². The number of ketones is 1. The fourth-order valence-electron chi connectivity index (χ4n) is 8.06. The molecule has 4 aromatic rings. The number of ether oxygens (including phenoxy) is 2. The normalized spacial score (nSPS) is 19.0. The molecule has 19 heteroatoms. The number of pyridine rings is 1. The summed E-state index contributed by atoms with van der Waals surface area (Å²) in [4.78, 5) is 53.4. The molecule has 7 rings (SSSR count). The van der Waals surface area contributed by atoms with Crippen molar-refractivity contribution in [3.05, 3.63) is 77.6 Å². The minimum atomic E-state index is -4.95. The lowest BCUT2D eigenvalue weighted by Crippen LogP contribution is -2.56. The van der Waals surface area contributed by atoms with Gasteiger partial charge in [0, 0.05) is 93.5 Å². The third-order valence-corrected chi connectivity index (χ3v) is 13.1. The zero-order valence-corrected chi connectivity index (χ0v) is 37.1. The summed E-state index contributed by atoms with van der Waals surface area (Å²) in [5.74, 6) is -4.08. The molecule has 0 aliphatic carbocycles. The second-order valence-corrected chi connectivity index (χ2v) is 20.2. The van der Waals surface area contributed by atoms with Crippen molar-refractivity contribution in [2.75, 3.05) is 68.1 Å². The van der Waals surface area contributed by atoms with Crippen molar-refractivity contribution < 1.29 is 50.6 Å². The maximum atomic E-state index is 16.5. The number of benzene rings is 2. The van der Waals surface area contributed by atoms with Gasteiger partial charge in [-0.3, -0.25) is 9.69 Å². The van der Waals surface area contributed by atoms with E-state index in [1.54, 1.807) is 17.2 Å². The molecule has 3 fully saturated rings. The van der Waals surface area contributed by atoms with Crippen LogP contribution < -0.4 is 9.21 Å². The van der Waals surface area contributed by atoms with Crippen LogP contribution in [0.1, 0.15) is 76.7 Å². The molecule has 63 heavy (non-hydrogen) atoms. The summed E-state index contributed by atoms with van der Waals surface area (Å²) in [5.41, 5.74) is -2.37. The Bertz CT molecular complexity index is 2470. The molecule has 0 bridgehead atoms. The Morgan fingerprint density at radius 3 is 2.16 bits per heavy atom. The minimum Gasteiger partial charge on any atom is -0.444 e. The lowest BCUT2D eigenvalue weighted by molar-refractivity contribution is -0.0507. The van der Waals surface area contributed by atoms with Crippen LogP contribution in [-0.4, -0.2) is 137 Å². The number of β-amino-alcohol motifs (C(OH)–C–C–N with tert-alkyl or cyclic N) is 1. The molecule has 2 aromatic heterocycles. The highest BCUT2D eigenvalue weighted by atomic mass is 32.2. The van der Waals surface area contributed by atoms with Crippen LogP contribution in [0, 0.1) is 11.6 Å². The molecule has 3 saturated heterocycles. The van der Waals surface area contributed by atoms with E-state index in [-0.39, 0.29) is 40.0 Å². The van der Waals surface area contributed by atoms with Crippen LogP contribution >= 0.6 is 0 Å². The van der Waals surface area contributed by atoms with Gasteiger partial charge in [-0.15, -0.1) is 0 Å². The highest BCUT2D eigenvalue weighted by Crippen LogP contribution is 2.35. The molecular weight excluding hydrogens is 844 g/mol. The van der Waals surface area contributed by atoms with Crippen LogP contribution in [0.15, 0.2) is 54.9 Å². The molecule has 0 unspecified atom stereocenters. The Morgan fingerprint density at radius 1 is 0.905 bits per heavy atom. The number of hydrogen-bond acceptors (Lipinski definition) is 11. The molecule has 5 heterocycles. The van der Waals surface area contributed by atoms with E-state index >= 15 is 8.78 Å². The number of alkyl halides is 1. The zero-order chi connectivity index (χ0) is 45.6. The number of hydrogen-bond donors (Lipinski definition) is 2. The van der Waals surface area contributed by atoms with E-state index in [0.29, 0.717) is 48.4 Å². The molecule has 340 valence electrons. The molecule has 2 N–H and O–H groups in total. The number of aliphatic hydroxyl groups is 1. The monoisotopic (exact) mass is 897 g/mol. The van der Waals surface area contributed by atoms with E-state index in [2.05, 4.69) is 19.8 Å². The number of anilines is 2. The maximum absolute atomic E-state index is 16.5. The SMILES string of the molecule is CC(C)(C)OC(=O)N1CCC(O)(CN2CCN(c3ccc(-c4cnc5[nH]cc(C(=O)c6c(F)ccc(N(C(=O)OC(C)(C)C)S(=O)(=O)N7CC[C@@H](F)C7)c6F)c5c4)cc3)CC2)CC1. The highest BCUT2D eigenvalue weighted by Gasteiger charge is 2.44. The molecule has 3 aliphatic rings. The quantitative estimate of drug-likeness (QED) is 0.173. The molecule has 0 spiro atoms. The van der Waals surface area contributed by atoms with Crippen LogP contribution in [0.2, 0.25) is 0 Å². The summed E-state index contributed by atoms with van der Waals surface area (Å²) >= 11 is 0. The van der Waals surface area contributed by atoms with Crippen LogP contribution in [-0.2, 0) is 19.7 Å². The molecule has 2 amide bonds. The van der Waals surface area contributed by atoms with E-state index in [0.717, 1.165) is 43.5 Å². The smallest absolute Gasteiger partial charge is 0.430 e. The van der Waals surface area contributed by atoms with Gasteiger partial charge in [0.25, 0.3) is 0 Å². The topological polar surface area (TPSA) is 169 Å². The van der Waals surface area contributed by atoms with Crippen LogP contribution in [0.5, 0.6) is 0 Å². The van der Waals surface area contributed by atoms with Gasteiger partial charge in [-0.25, -0.2) is 27.7 Å². The fourth-order valence-corrected chi connectivity index (χ4v) is 9.59. The van der Waals surface area contributed by atoms with Gasteiger partial charge < -0.3 is 29.4 Å². The number of carbonyl (C=O) groups excluding carboxylic acids is 3. The van der Waals surface area contributed by atoms with Gasteiger partial charge in [0.05, 0.1) is 11.2 Å². The molecule has 0 saturated carbocycles. The number of nitrogens with zero attached hydrogens (tertiary/aromatic N) is 6. The molecule has 2 aromatic carbocycles. The molecule has 3 aliphatic heterocycles.